The van der Waals surface area contributed by atoms with Crippen molar-refractivity contribution in [1.29, 1.82) is 0 Å². The van der Waals surface area contributed by atoms with Crippen LogP contribution in [0.15, 0.2) is 42.5 Å². The number of nitrogens with one attached hydrogen (secondary N) is 1. The van der Waals surface area contributed by atoms with Crippen LogP contribution in [0.3, 0.4) is 0 Å². The zero-order valence-corrected chi connectivity index (χ0v) is 16.2. The smallest absolute Gasteiger partial charge is 0.339 e. The summed E-state index contributed by atoms with van der Waals surface area (Å²) in [5.41, 5.74) is 1.73. The average Bonchev–Trinajstić information content (AvgIpc) is 3.15. The van der Waals surface area contributed by atoms with Gasteiger partial charge in [-0.2, -0.15) is 0 Å². The predicted molar refractivity (Wildman–Crippen MR) is 105 cm³/mol. The number of Topliss-reactive ketones (excluding diaryl/α,β-unsaturated/α-hetero) is 1. The molecule has 152 valence electrons. The van der Waals surface area contributed by atoms with E-state index in [9.17, 15) is 24.0 Å². The molecule has 0 unspecified atom stereocenters. The van der Waals surface area contributed by atoms with E-state index in [0.29, 0.717) is 21.9 Å². The molecular formula is C21H17N3O6. The molecule has 0 spiro atoms. The number of anilines is 2. The summed E-state index contributed by atoms with van der Waals surface area (Å²) < 4.78 is 5.04. The summed E-state index contributed by atoms with van der Waals surface area (Å²) in [4.78, 5) is 63.3. The maximum absolute atomic E-state index is 12.7. The summed E-state index contributed by atoms with van der Waals surface area (Å²) in [5, 5.41) is 2.71. The second kappa shape index (κ2) is 7.11. The molecule has 2 aliphatic heterocycles. The lowest BCUT2D eigenvalue weighted by atomic mass is 9.99. The number of carbonyl (C=O) groups is 5. The van der Waals surface area contributed by atoms with Crippen molar-refractivity contribution >= 4 is 40.9 Å². The highest BCUT2D eigenvalue weighted by atomic mass is 16.5. The minimum Gasteiger partial charge on any atom is -0.497 e. The normalized spacial score (nSPS) is 18.0. The fourth-order valence-corrected chi connectivity index (χ4v) is 3.43. The topological polar surface area (TPSA) is 113 Å². The van der Waals surface area contributed by atoms with Crippen molar-refractivity contribution in [3.8, 4) is 5.75 Å². The molecule has 9 nitrogen and oxygen atoms in total. The highest BCUT2D eigenvalue weighted by Crippen LogP contribution is 2.33. The summed E-state index contributed by atoms with van der Waals surface area (Å²) >= 11 is 0. The molecule has 1 N–H and O–H groups in total. The number of benzene rings is 2. The molecule has 5 amide bonds. The number of ether oxygens (including phenoxy) is 1. The van der Waals surface area contributed by atoms with Gasteiger partial charge in [0, 0.05) is 11.3 Å². The standard InChI is InChI=1S/C21H17N3O6/c1-11-15-9-12(3-8-16(15)22-18(11)26)17(25)10-23-19(27)20(28)24(21(23)29)13-4-6-14(30-2)7-5-13/h3-9,11H,10H2,1-2H3,(H,22,26)/t11-/m0/s1. The van der Waals surface area contributed by atoms with Gasteiger partial charge in [0.1, 0.15) is 5.75 Å². The number of rotatable bonds is 5. The van der Waals surface area contributed by atoms with Crippen molar-refractivity contribution < 1.29 is 28.7 Å². The minimum atomic E-state index is -1.07. The molecule has 2 heterocycles. The zero-order chi connectivity index (χ0) is 21.6. The first-order valence-corrected chi connectivity index (χ1v) is 9.13. The number of fused-ring (bicyclic) bond motifs is 1. The van der Waals surface area contributed by atoms with Crippen LogP contribution in [0.25, 0.3) is 0 Å². The summed E-state index contributed by atoms with van der Waals surface area (Å²) in [6.07, 6.45) is 0. The molecule has 2 aromatic rings. The Kier molecular flexibility index (Phi) is 4.57. The zero-order valence-electron chi connectivity index (χ0n) is 16.2. The first kappa shape index (κ1) is 19.3. The van der Waals surface area contributed by atoms with Crippen LogP contribution < -0.4 is 15.0 Å². The molecule has 0 saturated carbocycles. The lowest BCUT2D eigenvalue weighted by Crippen LogP contribution is -2.37. The maximum Gasteiger partial charge on any atom is 0.339 e. The number of hydrogen-bond acceptors (Lipinski definition) is 6. The largest absolute Gasteiger partial charge is 0.497 e. The molecule has 30 heavy (non-hydrogen) atoms. The van der Waals surface area contributed by atoms with Crippen molar-refractivity contribution in [3.05, 3.63) is 53.6 Å². The Morgan fingerprint density at radius 1 is 1.03 bits per heavy atom. The van der Waals surface area contributed by atoms with Crippen LogP contribution in [0, 0.1) is 0 Å². The number of ketones is 1. The maximum atomic E-state index is 12.7. The second-order valence-corrected chi connectivity index (χ2v) is 6.95. The third-order valence-corrected chi connectivity index (χ3v) is 5.18. The van der Waals surface area contributed by atoms with Crippen LogP contribution in [0.1, 0.15) is 28.8 Å². The molecule has 0 bridgehead atoms. The van der Waals surface area contributed by atoms with Crippen LogP contribution in [0.4, 0.5) is 16.2 Å². The van der Waals surface area contributed by atoms with Crippen molar-refractivity contribution in [2.24, 2.45) is 0 Å². The van der Waals surface area contributed by atoms with Crippen molar-refractivity contribution in [1.82, 2.24) is 4.90 Å². The Morgan fingerprint density at radius 3 is 2.40 bits per heavy atom. The Bertz CT molecular complexity index is 1110. The first-order chi connectivity index (χ1) is 14.3. The molecule has 0 aliphatic carbocycles. The number of hydrogen-bond donors (Lipinski definition) is 1. The fourth-order valence-electron chi connectivity index (χ4n) is 3.43. The number of urea groups is 1. The molecule has 1 saturated heterocycles. The van der Waals surface area contributed by atoms with Gasteiger partial charge >= 0.3 is 17.8 Å². The average molecular weight is 407 g/mol. The SMILES string of the molecule is COc1ccc(N2C(=O)C(=O)N(CC(=O)c3ccc4c(c3)[C@H](C)C(=O)N4)C2=O)cc1. The monoisotopic (exact) mass is 407 g/mol. The quantitative estimate of drug-likeness (QED) is 0.460. The van der Waals surface area contributed by atoms with Gasteiger partial charge in [0.25, 0.3) is 0 Å². The number of amides is 5. The van der Waals surface area contributed by atoms with Crippen LogP contribution in [-0.2, 0) is 14.4 Å². The third kappa shape index (κ3) is 3.00. The highest BCUT2D eigenvalue weighted by Gasteiger charge is 2.46. The fraction of sp³-hybridized carbons (Fsp3) is 0.190. The van der Waals surface area contributed by atoms with E-state index in [1.807, 2.05) is 0 Å². The van der Waals surface area contributed by atoms with Gasteiger partial charge in [0.2, 0.25) is 5.91 Å². The lowest BCUT2D eigenvalue weighted by molar-refractivity contribution is -0.139. The summed E-state index contributed by atoms with van der Waals surface area (Å²) in [7, 11) is 1.48. The molecule has 9 heteroatoms. The molecule has 1 atom stereocenters. The Balaban J connectivity index is 1.55. The van der Waals surface area contributed by atoms with E-state index >= 15 is 0 Å². The van der Waals surface area contributed by atoms with Crippen LogP contribution in [-0.4, -0.2) is 48.1 Å². The molecule has 2 aliphatic rings. The number of methoxy groups -OCH3 is 1. The van der Waals surface area contributed by atoms with E-state index in [4.69, 9.17) is 4.74 Å². The van der Waals surface area contributed by atoms with E-state index in [1.165, 1.54) is 25.3 Å². The van der Waals surface area contributed by atoms with Crippen LogP contribution in [0.2, 0.25) is 0 Å². The molecule has 4 rings (SSSR count). The van der Waals surface area contributed by atoms with Gasteiger partial charge in [-0.1, -0.05) is 0 Å². The Hall–Kier alpha value is -4.01. The van der Waals surface area contributed by atoms with Gasteiger partial charge in [-0.25, -0.2) is 14.6 Å². The number of carbonyl (C=O) groups excluding carboxylic acids is 5. The Morgan fingerprint density at radius 2 is 1.73 bits per heavy atom. The van der Waals surface area contributed by atoms with Gasteiger partial charge in [0.05, 0.1) is 25.3 Å². The summed E-state index contributed by atoms with van der Waals surface area (Å²) in [6.45, 7) is 1.14. The molecule has 1 fully saturated rings. The van der Waals surface area contributed by atoms with Gasteiger partial charge in [-0.15, -0.1) is 0 Å². The van der Waals surface area contributed by atoms with Crippen molar-refractivity contribution in [2.45, 2.75) is 12.8 Å². The highest BCUT2D eigenvalue weighted by molar-refractivity contribution is 6.53. The second-order valence-electron chi connectivity index (χ2n) is 6.95. The summed E-state index contributed by atoms with van der Waals surface area (Å²) in [5.74, 6) is -2.67. The molecule has 0 radical (unpaired) electrons. The van der Waals surface area contributed by atoms with E-state index in [2.05, 4.69) is 5.32 Å². The van der Waals surface area contributed by atoms with Crippen molar-refractivity contribution in [2.75, 3.05) is 23.9 Å². The number of nitrogens with zero attached hydrogens (tertiary/aromatic N) is 2. The van der Waals surface area contributed by atoms with E-state index in [0.717, 1.165) is 4.90 Å². The number of imide groups is 2. The van der Waals surface area contributed by atoms with E-state index < -0.39 is 36.1 Å². The molecule has 0 aromatic heterocycles. The molecular weight excluding hydrogens is 390 g/mol. The van der Waals surface area contributed by atoms with Crippen molar-refractivity contribution in [3.63, 3.8) is 0 Å². The summed E-state index contributed by atoms with van der Waals surface area (Å²) in [6, 6.07) is 9.83. The minimum absolute atomic E-state index is 0.166. The third-order valence-electron chi connectivity index (χ3n) is 5.18. The van der Waals surface area contributed by atoms with Gasteiger partial charge < -0.3 is 10.1 Å². The van der Waals surface area contributed by atoms with Gasteiger partial charge in [-0.05, 0) is 55.0 Å². The van der Waals surface area contributed by atoms with E-state index in [-0.39, 0.29) is 17.2 Å². The molecule has 2 aromatic carbocycles. The van der Waals surface area contributed by atoms with Gasteiger partial charge in [0.15, 0.2) is 5.78 Å². The van der Waals surface area contributed by atoms with Crippen LogP contribution in [0.5, 0.6) is 5.75 Å². The Labute approximate surface area is 171 Å². The van der Waals surface area contributed by atoms with Crippen LogP contribution >= 0.6 is 0 Å². The lowest BCUT2D eigenvalue weighted by Gasteiger charge is -2.15. The first-order valence-electron chi connectivity index (χ1n) is 9.13. The van der Waals surface area contributed by atoms with E-state index in [1.54, 1.807) is 31.2 Å². The predicted octanol–water partition coefficient (Wildman–Crippen LogP) is 1.93. The van der Waals surface area contributed by atoms with Gasteiger partial charge in [-0.3, -0.25) is 19.2 Å².